The van der Waals surface area contributed by atoms with Crippen molar-refractivity contribution >= 4 is 40.1 Å². The summed E-state index contributed by atoms with van der Waals surface area (Å²) < 4.78 is 2.33. The first-order chi connectivity index (χ1) is 15.4. The van der Waals surface area contributed by atoms with E-state index in [0.717, 1.165) is 20.9 Å². The monoisotopic (exact) mass is 456 g/mol. The number of hydrogen-bond acceptors (Lipinski definition) is 5. The lowest BCUT2D eigenvalue weighted by molar-refractivity contribution is 0.105. The predicted octanol–water partition coefficient (Wildman–Crippen LogP) is 4.27. The number of ketones is 1. The molecule has 0 N–H and O–H groups in total. The second kappa shape index (κ2) is 8.91. The molecule has 0 saturated carbocycles. The standard InChI is InChI=1S/C26H20N2O2S2/c1-16-9-12-22(17(2)13-16)28-25(30)23(14-20-11-10-18(3)31-20)32-26(28)21(15-27)24(29)19-7-5-4-6-8-19/h4-14H,1-3H3/b23-14-,26-21-. The molecular weight excluding hydrogens is 436 g/mol. The number of hydrogen-bond donors (Lipinski definition) is 0. The first kappa shape index (κ1) is 21.7. The molecule has 0 aliphatic carbocycles. The number of nitriles is 1. The average molecular weight is 457 g/mol. The topological polar surface area (TPSA) is 62.9 Å². The zero-order valence-electron chi connectivity index (χ0n) is 17.9. The van der Waals surface area contributed by atoms with Crippen LogP contribution >= 0.6 is 22.7 Å². The largest absolute Gasteiger partial charge is 0.288 e. The summed E-state index contributed by atoms with van der Waals surface area (Å²) >= 11 is 2.76. The Balaban J connectivity index is 2.09. The molecule has 0 atom stereocenters. The van der Waals surface area contributed by atoms with Crippen molar-refractivity contribution in [2.45, 2.75) is 20.8 Å². The molecule has 0 aliphatic heterocycles. The lowest BCUT2D eigenvalue weighted by Crippen LogP contribution is -2.32. The quantitative estimate of drug-likeness (QED) is 0.431. The van der Waals surface area contributed by atoms with Gasteiger partial charge in [-0.25, -0.2) is 0 Å². The molecule has 0 bridgehead atoms. The Kier molecular flexibility index (Phi) is 6.04. The minimum Gasteiger partial charge on any atom is -0.288 e. The molecule has 0 spiro atoms. The minimum absolute atomic E-state index is 0.0414. The van der Waals surface area contributed by atoms with Gasteiger partial charge in [-0.3, -0.25) is 14.2 Å². The van der Waals surface area contributed by atoms with Crippen LogP contribution < -0.4 is 14.8 Å². The SMILES string of the molecule is Cc1ccc(-n2c(=O)/c(=C/c3ccc(C)s3)s/c2=C(/C#N)C(=O)c2ccccc2)c(C)c1. The lowest BCUT2D eigenvalue weighted by atomic mass is 10.1. The third-order valence-electron chi connectivity index (χ3n) is 5.04. The molecule has 0 amide bonds. The fourth-order valence-electron chi connectivity index (χ4n) is 3.51. The molecule has 158 valence electrons. The number of aryl methyl sites for hydroxylation is 3. The van der Waals surface area contributed by atoms with E-state index in [9.17, 15) is 14.9 Å². The zero-order valence-corrected chi connectivity index (χ0v) is 19.5. The Labute approximate surface area is 193 Å². The Morgan fingerprint density at radius 3 is 2.38 bits per heavy atom. The van der Waals surface area contributed by atoms with Crippen LogP contribution in [0.5, 0.6) is 0 Å². The highest BCUT2D eigenvalue weighted by Crippen LogP contribution is 2.17. The summed E-state index contributed by atoms with van der Waals surface area (Å²) in [4.78, 5) is 28.8. The van der Waals surface area contributed by atoms with Crippen LogP contribution in [-0.2, 0) is 0 Å². The van der Waals surface area contributed by atoms with Crippen molar-refractivity contribution in [3.63, 3.8) is 0 Å². The van der Waals surface area contributed by atoms with Gasteiger partial charge in [0.2, 0.25) is 5.78 Å². The maximum Gasteiger partial charge on any atom is 0.273 e. The van der Waals surface area contributed by atoms with Gasteiger partial charge in [0, 0.05) is 15.3 Å². The Bertz CT molecular complexity index is 1550. The van der Waals surface area contributed by atoms with Gasteiger partial charge in [0.1, 0.15) is 16.3 Å². The third kappa shape index (κ3) is 4.13. The molecule has 4 aromatic rings. The summed E-state index contributed by atoms with van der Waals surface area (Å²) in [6.07, 6.45) is 1.83. The summed E-state index contributed by atoms with van der Waals surface area (Å²) in [5.41, 5.74) is 2.77. The predicted molar refractivity (Wildman–Crippen MR) is 131 cm³/mol. The summed E-state index contributed by atoms with van der Waals surface area (Å²) in [6, 6.07) is 20.5. The Morgan fingerprint density at radius 1 is 1.00 bits per heavy atom. The highest BCUT2D eigenvalue weighted by Gasteiger charge is 2.19. The highest BCUT2D eigenvalue weighted by molar-refractivity contribution is 7.13. The second-order valence-electron chi connectivity index (χ2n) is 7.48. The van der Waals surface area contributed by atoms with Crippen LogP contribution in [0.1, 0.15) is 31.2 Å². The van der Waals surface area contributed by atoms with Crippen LogP contribution in [0.15, 0.2) is 65.5 Å². The van der Waals surface area contributed by atoms with Crippen LogP contribution in [0.3, 0.4) is 0 Å². The molecule has 6 heteroatoms. The van der Waals surface area contributed by atoms with E-state index in [1.807, 2.05) is 63.2 Å². The summed E-state index contributed by atoms with van der Waals surface area (Å²) in [5, 5.41) is 9.96. The molecule has 2 aromatic heterocycles. The molecule has 4 nitrogen and oxygen atoms in total. The van der Waals surface area contributed by atoms with Gasteiger partial charge in [0.15, 0.2) is 0 Å². The van der Waals surface area contributed by atoms with Crippen molar-refractivity contribution in [1.29, 1.82) is 5.26 Å². The van der Waals surface area contributed by atoms with Gasteiger partial charge in [0.05, 0.1) is 10.2 Å². The normalized spacial score (nSPS) is 12.5. The number of aromatic nitrogens is 1. The van der Waals surface area contributed by atoms with Crippen molar-refractivity contribution in [3.8, 4) is 11.8 Å². The molecule has 4 rings (SSSR count). The summed E-state index contributed by atoms with van der Waals surface area (Å²) in [5.74, 6) is -0.397. The van der Waals surface area contributed by atoms with Crippen LogP contribution in [0.25, 0.3) is 17.3 Å². The van der Waals surface area contributed by atoms with E-state index in [1.165, 1.54) is 15.9 Å². The van der Waals surface area contributed by atoms with Gasteiger partial charge in [-0.05, 0) is 50.6 Å². The van der Waals surface area contributed by atoms with E-state index in [1.54, 1.807) is 35.6 Å². The van der Waals surface area contributed by atoms with E-state index < -0.39 is 5.78 Å². The van der Waals surface area contributed by atoms with Crippen LogP contribution in [0, 0.1) is 32.1 Å². The number of carbonyl (C=O) groups excluding carboxylic acids is 1. The van der Waals surface area contributed by atoms with Crippen molar-refractivity contribution in [2.75, 3.05) is 0 Å². The highest BCUT2D eigenvalue weighted by atomic mass is 32.1. The molecule has 0 saturated heterocycles. The lowest BCUT2D eigenvalue weighted by Gasteiger charge is -2.08. The number of benzene rings is 2. The number of thiazole rings is 1. The van der Waals surface area contributed by atoms with Gasteiger partial charge in [-0.2, -0.15) is 5.26 Å². The van der Waals surface area contributed by atoms with Gasteiger partial charge < -0.3 is 0 Å². The van der Waals surface area contributed by atoms with E-state index in [-0.39, 0.29) is 11.1 Å². The number of carbonyl (C=O) groups is 1. The van der Waals surface area contributed by atoms with E-state index >= 15 is 0 Å². The zero-order chi connectivity index (χ0) is 22.8. The number of Topliss-reactive ketones (excluding diaryl/α,β-unsaturated/α-hetero) is 1. The summed E-state index contributed by atoms with van der Waals surface area (Å²) in [6.45, 7) is 5.92. The van der Waals surface area contributed by atoms with Gasteiger partial charge in [0.25, 0.3) is 5.56 Å². The minimum atomic E-state index is -0.397. The molecule has 2 heterocycles. The Morgan fingerprint density at radius 2 is 1.75 bits per heavy atom. The van der Waals surface area contributed by atoms with Crippen LogP contribution in [0.4, 0.5) is 0 Å². The van der Waals surface area contributed by atoms with Crippen molar-refractivity contribution in [2.24, 2.45) is 0 Å². The molecule has 0 aliphatic rings. The smallest absolute Gasteiger partial charge is 0.273 e. The van der Waals surface area contributed by atoms with Crippen molar-refractivity contribution in [3.05, 3.63) is 107 Å². The maximum atomic E-state index is 13.5. The fourth-order valence-corrected chi connectivity index (χ4v) is 5.50. The molecule has 2 aromatic carbocycles. The first-order valence-electron chi connectivity index (χ1n) is 10.0. The molecular formula is C26H20N2O2S2. The van der Waals surface area contributed by atoms with E-state index in [4.69, 9.17) is 0 Å². The van der Waals surface area contributed by atoms with Crippen LogP contribution in [-0.4, -0.2) is 10.4 Å². The average Bonchev–Trinajstić information content (AvgIpc) is 3.33. The van der Waals surface area contributed by atoms with Crippen LogP contribution in [0.2, 0.25) is 0 Å². The molecule has 0 radical (unpaired) electrons. The Hall–Kier alpha value is -3.53. The number of rotatable bonds is 4. The van der Waals surface area contributed by atoms with Gasteiger partial charge in [-0.15, -0.1) is 22.7 Å². The van der Waals surface area contributed by atoms with E-state index in [2.05, 4.69) is 6.07 Å². The van der Waals surface area contributed by atoms with Gasteiger partial charge >= 0.3 is 0 Å². The fraction of sp³-hybridized carbons (Fsp3) is 0.115. The number of thiophene rings is 1. The maximum absolute atomic E-state index is 13.5. The molecule has 0 fully saturated rings. The van der Waals surface area contributed by atoms with Crippen molar-refractivity contribution < 1.29 is 4.79 Å². The third-order valence-corrected chi connectivity index (χ3v) is 7.08. The van der Waals surface area contributed by atoms with Crippen molar-refractivity contribution in [1.82, 2.24) is 4.57 Å². The second-order valence-corrected chi connectivity index (χ2v) is 9.83. The first-order valence-corrected chi connectivity index (χ1v) is 11.6. The van der Waals surface area contributed by atoms with Gasteiger partial charge in [-0.1, -0.05) is 48.0 Å². The molecule has 0 unspecified atom stereocenters. The molecule has 32 heavy (non-hydrogen) atoms. The van der Waals surface area contributed by atoms with E-state index in [0.29, 0.717) is 20.4 Å². The number of nitrogens with zero attached hydrogens (tertiary/aromatic N) is 2. The summed E-state index contributed by atoms with van der Waals surface area (Å²) in [7, 11) is 0.